The third-order valence-corrected chi connectivity index (χ3v) is 3.20. The Bertz CT molecular complexity index is 296. The highest BCUT2D eigenvalue weighted by molar-refractivity contribution is 5.89. The molecule has 6 heteroatoms. The number of nitrogens with one attached hydrogen (secondary N) is 1. The molecule has 1 saturated heterocycles. The monoisotopic (exact) mass is 258 g/mol. The fourth-order valence-electron chi connectivity index (χ4n) is 2.04. The Morgan fingerprint density at radius 1 is 1.67 bits per heavy atom. The first-order valence-corrected chi connectivity index (χ1v) is 6.30. The first kappa shape index (κ1) is 14.9. The van der Waals surface area contributed by atoms with Crippen molar-refractivity contribution in [2.45, 2.75) is 25.8 Å². The second kappa shape index (κ2) is 7.33. The maximum atomic E-state index is 11.9. The second-order valence-electron chi connectivity index (χ2n) is 4.50. The Hall–Kier alpha value is -1.14. The summed E-state index contributed by atoms with van der Waals surface area (Å²) >= 11 is 0. The SMILES string of the molecule is CCN1CC(C(=O)NC(CO)CCOC)CC1=O. The summed E-state index contributed by atoms with van der Waals surface area (Å²) in [6.07, 6.45) is 0.832. The molecule has 1 aliphatic heterocycles. The molecule has 0 spiro atoms. The van der Waals surface area contributed by atoms with Crippen molar-refractivity contribution in [2.24, 2.45) is 5.92 Å². The molecule has 1 fully saturated rings. The van der Waals surface area contributed by atoms with Crippen molar-refractivity contribution in [1.29, 1.82) is 0 Å². The molecule has 2 N–H and O–H groups in total. The molecule has 0 aromatic rings. The van der Waals surface area contributed by atoms with Gasteiger partial charge in [0, 0.05) is 33.2 Å². The zero-order valence-electron chi connectivity index (χ0n) is 11.0. The van der Waals surface area contributed by atoms with Crippen LogP contribution in [0.2, 0.25) is 0 Å². The Labute approximate surface area is 107 Å². The molecule has 18 heavy (non-hydrogen) atoms. The van der Waals surface area contributed by atoms with Gasteiger partial charge in [-0.15, -0.1) is 0 Å². The van der Waals surface area contributed by atoms with Crippen LogP contribution in [0.3, 0.4) is 0 Å². The lowest BCUT2D eigenvalue weighted by Gasteiger charge is -2.18. The number of aliphatic hydroxyl groups is 1. The van der Waals surface area contributed by atoms with Crippen molar-refractivity contribution in [3.05, 3.63) is 0 Å². The van der Waals surface area contributed by atoms with Gasteiger partial charge in [0.25, 0.3) is 0 Å². The molecule has 1 heterocycles. The van der Waals surface area contributed by atoms with Gasteiger partial charge in [-0.2, -0.15) is 0 Å². The highest BCUT2D eigenvalue weighted by atomic mass is 16.5. The van der Waals surface area contributed by atoms with Crippen LogP contribution in [0.1, 0.15) is 19.8 Å². The highest BCUT2D eigenvalue weighted by Crippen LogP contribution is 2.17. The van der Waals surface area contributed by atoms with Crippen LogP contribution in [0, 0.1) is 5.92 Å². The summed E-state index contributed by atoms with van der Waals surface area (Å²) in [5.41, 5.74) is 0. The number of rotatable bonds is 7. The fourth-order valence-corrected chi connectivity index (χ4v) is 2.04. The average molecular weight is 258 g/mol. The standard InChI is InChI=1S/C12H22N2O4/c1-3-14-7-9(6-11(14)16)12(17)13-10(8-15)4-5-18-2/h9-10,15H,3-8H2,1-2H3,(H,13,17). The molecule has 2 amide bonds. The van der Waals surface area contributed by atoms with Gasteiger partial charge in [0.15, 0.2) is 0 Å². The van der Waals surface area contributed by atoms with Crippen LogP contribution in [0.25, 0.3) is 0 Å². The van der Waals surface area contributed by atoms with Crippen molar-refractivity contribution in [1.82, 2.24) is 10.2 Å². The third kappa shape index (κ3) is 3.96. The Morgan fingerprint density at radius 2 is 2.39 bits per heavy atom. The second-order valence-corrected chi connectivity index (χ2v) is 4.50. The number of methoxy groups -OCH3 is 1. The first-order valence-electron chi connectivity index (χ1n) is 6.30. The molecule has 0 bridgehead atoms. The minimum atomic E-state index is -0.303. The summed E-state index contributed by atoms with van der Waals surface area (Å²) in [5.74, 6) is -0.432. The molecular formula is C12H22N2O4. The van der Waals surface area contributed by atoms with Gasteiger partial charge in [-0.05, 0) is 13.3 Å². The van der Waals surface area contributed by atoms with Crippen LogP contribution in [0.4, 0.5) is 0 Å². The predicted molar refractivity (Wildman–Crippen MR) is 65.9 cm³/mol. The molecule has 0 aromatic carbocycles. The summed E-state index contributed by atoms with van der Waals surface area (Å²) in [4.78, 5) is 25.1. The van der Waals surface area contributed by atoms with Crippen LogP contribution < -0.4 is 5.32 Å². The van der Waals surface area contributed by atoms with Gasteiger partial charge in [-0.25, -0.2) is 0 Å². The number of ether oxygens (including phenoxy) is 1. The van der Waals surface area contributed by atoms with E-state index >= 15 is 0 Å². The van der Waals surface area contributed by atoms with Crippen molar-refractivity contribution in [3.8, 4) is 0 Å². The van der Waals surface area contributed by atoms with Gasteiger partial charge >= 0.3 is 0 Å². The zero-order valence-corrected chi connectivity index (χ0v) is 11.0. The van der Waals surface area contributed by atoms with Crippen LogP contribution in [-0.2, 0) is 14.3 Å². The summed E-state index contributed by atoms with van der Waals surface area (Å²) < 4.78 is 4.91. The van der Waals surface area contributed by atoms with E-state index in [0.29, 0.717) is 26.1 Å². The van der Waals surface area contributed by atoms with E-state index in [1.807, 2.05) is 6.92 Å². The van der Waals surface area contributed by atoms with Gasteiger partial charge in [0.1, 0.15) is 0 Å². The maximum absolute atomic E-state index is 11.9. The summed E-state index contributed by atoms with van der Waals surface area (Å²) in [6.45, 7) is 3.37. The molecule has 1 aliphatic rings. The highest BCUT2D eigenvalue weighted by Gasteiger charge is 2.33. The van der Waals surface area contributed by atoms with Crippen molar-refractivity contribution < 1.29 is 19.4 Å². The normalized spacial score (nSPS) is 21.2. The molecule has 0 saturated carbocycles. The first-order chi connectivity index (χ1) is 8.62. The van der Waals surface area contributed by atoms with E-state index in [-0.39, 0.29) is 36.8 Å². The maximum Gasteiger partial charge on any atom is 0.225 e. The van der Waals surface area contributed by atoms with Gasteiger partial charge in [0.05, 0.1) is 18.6 Å². The van der Waals surface area contributed by atoms with Crippen molar-refractivity contribution >= 4 is 11.8 Å². The average Bonchev–Trinajstić information content (AvgIpc) is 2.75. The predicted octanol–water partition coefficient (Wildman–Crippen LogP) is -0.632. The number of nitrogens with zero attached hydrogens (tertiary/aromatic N) is 1. The zero-order chi connectivity index (χ0) is 13.5. The van der Waals surface area contributed by atoms with E-state index in [2.05, 4.69) is 5.32 Å². The van der Waals surface area contributed by atoms with E-state index in [0.717, 1.165) is 0 Å². The molecule has 0 radical (unpaired) electrons. The molecule has 0 aromatic heterocycles. The van der Waals surface area contributed by atoms with Crippen LogP contribution >= 0.6 is 0 Å². The van der Waals surface area contributed by atoms with Gasteiger partial charge < -0.3 is 20.1 Å². The van der Waals surface area contributed by atoms with Crippen LogP contribution in [-0.4, -0.2) is 61.3 Å². The number of hydrogen-bond acceptors (Lipinski definition) is 4. The number of hydrogen-bond donors (Lipinski definition) is 2. The molecule has 2 unspecified atom stereocenters. The Morgan fingerprint density at radius 3 is 2.89 bits per heavy atom. The van der Waals surface area contributed by atoms with Crippen molar-refractivity contribution in [2.75, 3.05) is 33.4 Å². The van der Waals surface area contributed by atoms with E-state index in [1.165, 1.54) is 0 Å². The summed E-state index contributed by atoms with van der Waals surface area (Å²) in [7, 11) is 1.57. The minimum Gasteiger partial charge on any atom is -0.394 e. The van der Waals surface area contributed by atoms with E-state index in [4.69, 9.17) is 9.84 Å². The summed E-state index contributed by atoms with van der Waals surface area (Å²) in [6, 6.07) is -0.303. The molecule has 1 rings (SSSR count). The number of carbonyl (C=O) groups is 2. The van der Waals surface area contributed by atoms with E-state index < -0.39 is 0 Å². The van der Waals surface area contributed by atoms with Crippen LogP contribution in [0.5, 0.6) is 0 Å². The summed E-state index contributed by atoms with van der Waals surface area (Å²) in [5, 5.41) is 11.9. The Kier molecular flexibility index (Phi) is 6.07. The quantitative estimate of drug-likeness (QED) is 0.637. The minimum absolute atomic E-state index is 0.0232. The Balaban J connectivity index is 2.42. The topological polar surface area (TPSA) is 78.9 Å². The third-order valence-electron chi connectivity index (χ3n) is 3.20. The smallest absolute Gasteiger partial charge is 0.225 e. The number of amides is 2. The molecule has 6 nitrogen and oxygen atoms in total. The van der Waals surface area contributed by atoms with Gasteiger partial charge in [0.2, 0.25) is 11.8 Å². The van der Waals surface area contributed by atoms with Crippen molar-refractivity contribution in [3.63, 3.8) is 0 Å². The largest absolute Gasteiger partial charge is 0.394 e. The lowest BCUT2D eigenvalue weighted by Crippen LogP contribution is -2.42. The van der Waals surface area contributed by atoms with Crippen LogP contribution in [0.15, 0.2) is 0 Å². The number of likely N-dealkylation sites (tertiary alicyclic amines) is 1. The van der Waals surface area contributed by atoms with E-state index in [1.54, 1.807) is 12.0 Å². The lowest BCUT2D eigenvalue weighted by molar-refractivity contribution is -0.129. The van der Waals surface area contributed by atoms with Gasteiger partial charge in [-0.3, -0.25) is 9.59 Å². The fraction of sp³-hybridized carbons (Fsp3) is 0.833. The number of carbonyl (C=O) groups excluding carboxylic acids is 2. The molecule has 0 aliphatic carbocycles. The molecule has 104 valence electrons. The lowest BCUT2D eigenvalue weighted by atomic mass is 10.1. The molecular weight excluding hydrogens is 236 g/mol. The van der Waals surface area contributed by atoms with E-state index in [9.17, 15) is 9.59 Å². The van der Waals surface area contributed by atoms with Gasteiger partial charge in [-0.1, -0.05) is 0 Å². The number of aliphatic hydroxyl groups excluding tert-OH is 1. The molecule has 2 atom stereocenters.